The molecule has 0 bridgehead atoms. The predicted octanol–water partition coefficient (Wildman–Crippen LogP) is -0.472. The van der Waals surface area contributed by atoms with Crippen molar-refractivity contribution in [2.75, 3.05) is 12.4 Å². The maximum absolute atomic E-state index is 7.80. The van der Waals surface area contributed by atoms with E-state index in [2.05, 4.69) is 12.6 Å². The summed E-state index contributed by atoms with van der Waals surface area (Å²) in [5.41, 5.74) is 0. The van der Waals surface area contributed by atoms with Gasteiger partial charge in [0.1, 0.15) is 0 Å². The zero-order valence-corrected chi connectivity index (χ0v) is 4.20. The minimum atomic E-state index is 0. The zero-order chi connectivity index (χ0) is 3.41. The van der Waals surface area contributed by atoms with E-state index in [1.165, 1.54) is 0 Å². The Kier molecular flexibility index (Phi) is 16.5. The van der Waals surface area contributed by atoms with Crippen LogP contribution in [0.4, 0.5) is 0 Å². The molecule has 0 rings (SSSR count). The Morgan fingerprint density at radius 3 is 1.80 bits per heavy atom. The third-order valence-corrected chi connectivity index (χ3v) is 0.300. The fourth-order valence-corrected chi connectivity index (χ4v) is 0. The maximum atomic E-state index is 7.80. The standard InChI is InChI=1S/C2H6OS.Li/c3-1-2-4;/h3-4H,1-2H2;. The van der Waals surface area contributed by atoms with Gasteiger partial charge in [0.05, 0.1) is 6.61 Å². The van der Waals surface area contributed by atoms with E-state index in [-0.39, 0.29) is 25.5 Å². The molecule has 27 valence electrons. The van der Waals surface area contributed by atoms with Crippen LogP contribution in [-0.4, -0.2) is 36.3 Å². The van der Waals surface area contributed by atoms with Crippen LogP contribution in [0, 0.1) is 0 Å². The van der Waals surface area contributed by atoms with Crippen molar-refractivity contribution in [1.29, 1.82) is 0 Å². The van der Waals surface area contributed by atoms with Gasteiger partial charge in [-0.05, 0) is 0 Å². The first kappa shape index (κ1) is 9.32. The van der Waals surface area contributed by atoms with Crippen LogP contribution in [0.5, 0.6) is 0 Å². The minimum absolute atomic E-state index is 0. The smallest absolute Gasteiger partial charge is 0.0519 e. The van der Waals surface area contributed by atoms with Crippen LogP contribution in [0.15, 0.2) is 0 Å². The SMILES string of the molecule is OCCS.[Li]. The third kappa shape index (κ3) is 11.4. The maximum Gasteiger partial charge on any atom is 0.0519 e. The van der Waals surface area contributed by atoms with E-state index in [1.54, 1.807) is 0 Å². The van der Waals surface area contributed by atoms with Crippen LogP contribution < -0.4 is 0 Å². The van der Waals surface area contributed by atoms with Crippen LogP contribution in [-0.2, 0) is 0 Å². The van der Waals surface area contributed by atoms with Crippen molar-refractivity contribution in [3.8, 4) is 0 Å². The van der Waals surface area contributed by atoms with Crippen molar-refractivity contribution < 1.29 is 5.11 Å². The summed E-state index contributed by atoms with van der Waals surface area (Å²) < 4.78 is 0. The molecule has 5 heavy (non-hydrogen) atoms. The Morgan fingerprint density at radius 1 is 1.60 bits per heavy atom. The summed E-state index contributed by atoms with van der Waals surface area (Å²) >= 11 is 3.67. The number of thiol groups is 1. The topological polar surface area (TPSA) is 20.2 Å². The van der Waals surface area contributed by atoms with Crippen molar-refractivity contribution in [3.05, 3.63) is 0 Å². The molecule has 0 aromatic carbocycles. The molecule has 0 aromatic rings. The molecule has 0 aliphatic rings. The molecule has 1 N–H and O–H groups in total. The van der Waals surface area contributed by atoms with E-state index < -0.39 is 0 Å². The molecular weight excluding hydrogens is 79.0 g/mol. The number of aliphatic hydroxyl groups is 1. The summed E-state index contributed by atoms with van der Waals surface area (Å²) in [6.07, 6.45) is 0. The van der Waals surface area contributed by atoms with Gasteiger partial charge >= 0.3 is 0 Å². The zero-order valence-electron chi connectivity index (χ0n) is 3.31. The van der Waals surface area contributed by atoms with Gasteiger partial charge in [0.25, 0.3) is 0 Å². The first-order valence-electron chi connectivity index (χ1n) is 1.13. The summed E-state index contributed by atoms with van der Waals surface area (Å²) in [5, 5.41) is 7.80. The van der Waals surface area contributed by atoms with E-state index in [1.807, 2.05) is 0 Å². The van der Waals surface area contributed by atoms with Crippen molar-refractivity contribution in [2.24, 2.45) is 0 Å². The van der Waals surface area contributed by atoms with E-state index in [0.29, 0.717) is 5.75 Å². The van der Waals surface area contributed by atoms with Gasteiger partial charge in [0.2, 0.25) is 0 Å². The normalized spacial score (nSPS) is 6.00. The molecule has 0 heterocycles. The van der Waals surface area contributed by atoms with Crippen molar-refractivity contribution in [3.63, 3.8) is 0 Å². The van der Waals surface area contributed by atoms with Crippen LogP contribution in [0.1, 0.15) is 0 Å². The molecule has 0 aromatic heterocycles. The Bertz CT molecular complexity index is 11.6. The van der Waals surface area contributed by atoms with Crippen molar-refractivity contribution >= 4 is 31.5 Å². The Morgan fingerprint density at radius 2 is 1.80 bits per heavy atom. The first-order chi connectivity index (χ1) is 1.91. The fourth-order valence-electron chi connectivity index (χ4n) is 0. The second kappa shape index (κ2) is 8.86. The molecule has 0 amide bonds. The third-order valence-electron chi connectivity index (χ3n) is 0.1000. The number of hydrogen-bond acceptors (Lipinski definition) is 2. The summed E-state index contributed by atoms with van der Waals surface area (Å²) in [6.45, 7) is 0.184. The summed E-state index contributed by atoms with van der Waals surface area (Å²) in [4.78, 5) is 0. The van der Waals surface area contributed by atoms with Gasteiger partial charge in [-0.3, -0.25) is 0 Å². The van der Waals surface area contributed by atoms with Crippen molar-refractivity contribution in [1.82, 2.24) is 0 Å². The van der Waals surface area contributed by atoms with Gasteiger partial charge in [-0.15, -0.1) is 0 Å². The molecule has 0 aliphatic carbocycles. The Hall–Kier alpha value is 0.907. The van der Waals surface area contributed by atoms with Gasteiger partial charge in [0.15, 0.2) is 0 Å². The summed E-state index contributed by atoms with van der Waals surface area (Å²) in [7, 11) is 0. The van der Waals surface area contributed by atoms with Gasteiger partial charge in [-0.25, -0.2) is 0 Å². The Balaban J connectivity index is 0. The minimum Gasteiger partial charge on any atom is -0.396 e. The van der Waals surface area contributed by atoms with Gasteiger partial charge < -0.3 is 5.11 Å². The molecule has 1 radical (unpaired) electrons. The van der Waals surface area contributed by atoms with Gasteiger partial charge in [-0.2, -0.15) is 12.6 Å². The van der Waals surface area contributed by atoms with Gasteiger partial charge in [0, 0.05) is 24.6 Å². The number of hydrogen-bond donors (Lipinski definition) is 2. The fraction of sp³-hybridized carbons (Fsp3) is 1.00. The molecular formula is C2H6LiOS. The second-order valence-electron chi connectivity index (χ2n) is 0.447. The number of rotatable bonds is 1. The first-order valence-corrected chi connectivity index (χ1v) is 1.76. The van der Waals surface area contributed by atoms with E-state index in [9.17, 15) is 0 Å². The quantitative estimate of drug-likeness (QED) is 0.326. The molecule has 0 fully saturated rings. The van der Waals surface area contributed by atoms with E-state index >= 15 is 0 Å². The monoisotopic (exact) mass is 85.0 g/mol. The molecule has 1 nitrogen and oxygen atoms in total. The molecule has 0 saturated heterocycles. The molecule has 0 saturated carbocycles. The van der Waals surface area contributed by atoms with Crippen LogP contribution in [0.3, 0.4) is 0 Å². The van der Waals surface area contributed by atoms with Crippen LogP contribution in [0.25, 0.3) is 0 Å². The largest absolute Gasteiger partial charge is 0.396 e. The molecule has 3 heteroatoms. The Labute approximate surface area is 49.4 Å². The van der Waals surface area contributed by atoms with E-state index in [0.717, 1.165) is 0 Å². The molecule has 0 unspecified atom stereocenters. The second-order valence-corrected chi connectivity index (χ2v) is 0.894. The average Bonchev–Trinajstić information content (AvgIpc) is 1.37. The summed E-state index contributed by atoms with van der Waals surface area (Å²) in [6, 6.07) is 0. The number of aliphatic hydroxyl groups excluding tert-OH is 1. The van der Waals surface area contributed by atoms with E-state index in [4.69, 9.17) is 5.11 Å². The molecule has 0 atom stereocenters. The van der Waals surface area contributed by atoms with Crippen LogP contribution in [0.2, 0.25) is 0 Å². The summed E-state index contributed by atoms with van der Waals surface area (Å²) in [5.74, 6) is 0.569. The van der Waals surface area contributed by atoms with Crippen molar-refractivity contribution in [2.45, 2.75) is 0 Å². The van der Waals surface area contributed by atoms with Crippen LogP contribution >= 0.6 is 12.6 Å². The predicted molar refractivity (Wildman–Crippen MR) is 26.7 cm³/mol. The average molecular weight is 85.1 g/mol. The molecule has 0 aliphatic heterocycles. The molecule has 0 spiro atoms. The van der Waals surface area contributed by atoms with Gasteiger partial charge in [-0.1, -0.05) is 0 Å².